The van der Waals surface area contributed by atoms with Crippen molar-refractivity contribution in [1.82, 2.24) is 9.55 Å². The maximum Gasteiger partial charge on any atom is 0.161 e. The van der Waals surface area contributed by atoms with Gasteiger partial charge < -0.3 is 14.0 Å². The fourth-order valence-corrected chi connectivity index (χ4v) is 1.88. The smallest absolute Gasteiger partial charge is 0.161 e. The molecule has 0 aliphatic carbocycles. The molecular weight excluding hydrogens is 254 g/mol. The van der Waals surface area contributed by atoms with Gasteiger partial charge in [0.1, 0.15) is 11.9 Å². The first-order chi connectivity index (χ1) is 9.69. The average molecular weight is 269 g/mol. The number of hydrogen-bond acceptors (Lipinski definition) is 4. The van der Waals surface area contributed by atoms with E-state index in [0.717, 1.165) is 5.56 Å². The highest BCUT2D eigenvalue weighted by Gasteiger charge is 2.08. The van der Waals surface area contributed by atoms with E-state index in [4.69, 9.17) is 9.47 Å². The van der Waals surface area contributed by atoms with Gasteiger partial charge in [-0.05, 0) is 23.8 Å². The van der Waals surface area contributed by atoms with Gasteiger partial charge >= 0.3 is 0 Å². The third-order valence-corrected chi connectivity index (χ3v) is 2.90. The second kappa shape index (κ2) is 5.93. The first-order valence-corrected chi connectivity index (χ1v) is 6.01. The molecular formula is C15H15N3O2. The van der Waals surface area contributed by atoms with Gasteiger partial charge in [0.25, 0.3) is 0 Å². The lowest BCUT2D eigenvalue weighted by atomic mass is 10.1. The highest BCUT2D eigenvalue weighted by Crippen LogP contribution is 2.29. The lowest BCUT2D eigenvalue weighted by Gasteiger charge is -2.08. The van der Waals surface area contributed by atoms with E-state index in [1.165, 1.54) is 0 Å². The van der Waals surface area contributed by atoms with Gasteiger partial charge in [-0.1, -0.05) is 6.07 Å². The van der Waals surface area contributed by atoms with Crippen LogP contribution in [0.2, 0.25) is 0 Å². The zero-order valence-electron chi connectivity index (χ0n) is 11.6. The summed E-state index contributed by atoms with van der Waals surface area (Å²) in [5.41, 5.74) is 1.34. The molecule has 0 saturated heterocycles. The van der Waals surface area contributed by atoms with Crippen molar-refractivity contribution in [2.24, 2.45) is 7.05 Å². The number of aromatic nitrogens is 2. The monoisotopic (exact) mass is 269 g/mol. The third kappa shape index (κ3) is 2.64. The minimum atomic E-state index is 0.490. The van der Waals surface area contributed by atoms with Crippen LogP contribution in [0.3, 0.4) is 0 Å². The maximum atomic E-state index is 9.28. The van der Waals surface area contributed by atoms with Gasteiger partial charge in [-0.2, -0.15) is 5.26 Å². The van der Waals surface area contributed by atoms with Crippen LogP contribution in [0.1, 0.15) is 11.4 Å². The van der Waals surface area contributed by atoms with E-state index in [-0.39, 0.29) is 0 Å². The van der Waals surface area contributed by atoms with Crippen LogP contribution in [0.5, 0.6) is 11.5 Å². The number of imidazole rings is 1. The Labute approximate surface area is 117 Å². The van der Waals surface area contributed by atoms with Crippen LogP contribution in [-0.2, 0) is 7.05 Å². The Balaban J connectivity index is 2.44. The van der Waals surface area contributed by atoms with E-state index in [2.05, 4.69) is 11.1 Å². The number of rotatable bonds is 4. The van der Waals surface area contributed by atoms with E-state index in [0.29, 0.717) is 22.9 Å². The van der Waals surface area contributed by atoms with Crippen LogP contribution in [0.4, 0.5) is 0 Å². The van der Waals surface area contributed by atoms with Crippen LogP contribution >= 0.6 is 0 Å². The average Bonchev–Trinajstić information content (AvgIpc) is 2.90. The zero-order chi connectivity index (χ0) is 14.5. The summed E-state index contributed by atoms with van der Waals surface area (Å²) in [6.45, 7) is 0. The predicted octanol–water partition coefficient (Wildman–Crippen LogP) is 2.50. The largest absolute Gasteiger partial charge is 0.493 e. The summed E-state index contributed by atoms with van der Waals surface area (Å²) >= 11 is 0. The molecule has 102 valence electrons. The molecule has 1 aromatic carbocycles. The van der Waals surface area contributed by atoms with Crippen molar-refractivity contribution in [2.45, 2.75) is 0 Å². The second-order valence-corrected chi connectivity index (χ2v) is 4.15. The summed E-state index contributed by atoms with van der Waals surface area (Å²) in [5.74, 6) is 1.90. The van der Waals surface area contributed by atoms with E-state index in [1.54, 1.807) is 43.3 Å². The van der Waals surface area contributed by atoms with Crippen molar-refractivity contribution in [1.29, 1.82) is 5.26 Å². The van der Waals surface area contributed by atoms with Gasteiger partial charge in [-0.25, -0.2) is 4.98 Å². The van der Waals surface area contributed by atoms with Crippen molar-refractivity contribution in [3.05, 3.63) is 42.0 Å². The molecule has 0 unspecified atom stereocenters. The summed E-state index contributed by atoms with van der Waals surface area (Å²) < 4.78 is 12.2. The molecule has 1 heterocycles. The van der Waals surface area contributed by atoms with E-state index in [1.807, 2.05) is 19.2 Å². The summed E-state index contributed by atoms with van der Waals surface area (Å²) in [6, 6.07) is 7.65. The Hall–Kier alpha value is -2.74. The van der Waals surface area contributed by atoms with Crippen LogP contribution in [0.15, 0.2) is 30.6 Å². The topological polar surface area (TPSA) is 60.1 Å². The van der Waals surface area contributed by atoms with Crippen LogP contribution in [-0.4, -0.2) is 23.8 Å². The number of allylic oxidation sites excluding steroid dienone is 1. The number of nitriles is 1. The number of methoxy groups -OCH3 is 2. The fourth-order valence-electron chi connectivity index (χ4n) is 1.88. The van der Waals surface area contributed by atoms with Crippen molar-refractivity contribution >= 4 is 11.6 Å². The minimum absolute atomic E-state index is 0.490. The molecule has 2 rings (SSSR count). The lowest BCUT2D eigenvalue weighted by Crippen LogP contribution is -1.95. The van der Waals surface area contributed by atoms with Crippen molar-refractivity contribution < 1.29 is 9.47 Å². The molecule has 0 saturated carbocycles. The number of ether oxygens (including phenoxy) is 2. The molecule has 0 atom stereocenters. The van der Waals surface area contributed by atoms with Gasteiger partial charge in [-0.15, -0.1) is 0 Å². The van der Waals surface area contributed by atoms with Crippen molar-refractivity contribution in [3.63, 3.8) is 0 Å². The summed E-state index contributed by atoms with van der Waals surface area (Å²) in [6.07, 6.45) is 5.23. The molecule has 5 heteroatoms. The highest BCUT2D eigenvalue weighted by atomic mass is 16.5. The van der Waals surface area contributed by atoms with Crippen molar-refractivity contribution in [2.75, 3.05) is 14.2 Å². The minimum Gasteiger partial charge on any atom is -0.493 e. The normalized spacial score (nSPS) is 11.0. The van der Waals surface area contributed by atoms with Gasteiger partial charge in [0, 0.05) is 19.4 Å². The molecule has 1 aromatic heterocycles. The van der Waals surface area contributed by atoms with E-state index < -0.39 is 0 Å². The first kappa shape index (κ1) is 13.7. The molecule has 0 N–H and O–H groups in total. The molecule has 0 aliphatic rings. The molecule has 0 amide bonds. The second-order valence-electron chi connectivity index (χ2n) is 4.15. The molecule has 0 spiro atoms. The Morgan fingerprint density at radius 3 is 2.60 bits per heavy atom. The third-order valence-electron chi connectivity index (χ3n) is 2.90. The molecule has 0 bridgehead atoms. The van der Waals surface area contributed by atoms with E-state index >= 15 is 0 Å². The maximum absolute atomic E-state index is 9.28. The zero-order valence-corrected chi connectivity index (χ0v) is 11.6. The van der Waals surface area contributed by atoms with Crippen LogP contribution < -0.4 is 9.47 Å². The fraction of sp³-hybridized carbons (Fsp3) is 0.200. The predicted molar refractivity (Wildman–Crippen MR) is 76.2 cm³/mol. The molecule has 0 aliphatic heterocycles. The van der Waals surface area contributed by atoms with Crippen LogP contribution in [0.25, 0.3) is 11.6 Å². The lowest BCUT2D eigenvalue weighted by molar-refractivity contribution is 0.355. The molecule has 0 fully saturated rings. The van der Waals surface area contributed by atoms with Gasteiger partial charge in [-0.3, -0.25) is 0 Å². The first-order valence-electron chi connectivity index (χ1n) is 6.01. The molecule has 5 nitrogen and oxygen atoms in total. The summed E-state index contributed by atoms with van der Waals surface area (Å²) in [4.78, 5) is 4.18. The Kier molecular flexibility index (Phi) is 4.06. The Morgan fingerprint density at radius 1 is 1.30 bits per heavy atom. The van der Waals surface area contributed by atoms with Crippen LogP contribution in [0, 0.1) is 11.3 Å². The summed E-state index contributed by atoms with van der Waals surface area (Å²) in [7, 11) is 5.01. The Bertz CT molecular complexity index is 681. The van der Waals surface area contributed by atoms with Gasteiger partial charge in [0.05, 0.1) is 19.8 Å². The number of aryl methyl sites for hydroxylation is 1. The number of benzene rings is 1. The van der Waals surface area contributed by atoms with E-state index in [9.17, 15) is 5.26 Å². The van der Waals surface area contributed by atoms with Crippen molar-refractivity contribution in [3.8, 4) is 17.6 Å². The van der Waals surface area contributed by atoms with Gasteiger partial charge in [0.2, 0.25) is 0 Å². The Morgan fingerprint density at radius 2 is 2.05 bits per heavy atom. The van der Waals surface area contributed by atoms with Gasteiger partial charge in [0.15, 0.2) is 11.5 Å². The summed E-state index contributed by atoms with van der Waals surface area (Å²) in [5, 5.41) is 9.28. The highest BCUT2D eigenvalue weighted by molar-refractivity contribution is 5.87. The SMILES string of the molecule is COc1ccc(/C=C(\C#N)c2nccn2C)cc1OC. The molecule has 0 radical (unpaired) electrons. The number of hydrogen-bond donors (Lipinski definition) is 0. The number of nitrogens with zero attached hydrogens (tertiary/aromatic N) is 3. The quantitative estimate of drug-likeness (QED) is 0.800. The molecule has 20 heavy (non-hydrogen) atoms. The standard InChI is InChI=1S/C15H15N3O2/c1-18-7-6-17-15(18)12(10-16)8-11-4-5-13(19-2)14(9-11)20-3/h4-9H,1-3H3/b12-8+. The molecule has 2 aromatic rings.